The fourth-order valence-electron chi connectivity index (χ4n) is 5.07. The third kappa shape index (κ3) is 4.94. The van der Waals surface area contributed by atoms with Crippen molar-refractivity contribution in [1.29, 1.82) is 0 Å². The number of halogens is 3. The maximum Gasteiger partial charge on any atom is 0.418 e. The minimum atomic E-state index is -4.49. The first-order valence-corrected chi connectivity index (χ1v) is 12.0. The van der Waals surface area contributed by atoms with Gasteiger partial charge in [0.15, 0.2) is 0 Å². The summed E-state index contributed by atoms with van der Waals surface area (Å²) in [5, 5.41) is 4.92. The standard InChI is InChI=1S/C28H27F3N4O/c29-28(30,31)24-8-4-7-23-26(24)33-35(18-20-5-2-1-3-6-20)27(23)21-9-11-22(12-10-21)34-15-13-19(14-16-34)17-25(32)36/h1-12,19H,13-18H2,(H2,32,36). The zero-order valence-electron chi connectivity index (χ0n) is 19.7. The maximum absolute atomic E-state index is 13.8. The fraction of sp³-hybridized carbons (Fsp3) is 0.286. The molecule has 4 aromatic rings. The highest BCUT2D eigenvalue weighted by Crippen LogP contribution is 2.38. The fourth-order valence-corrected chi connectivity index (χ4v) is 5.07. The molecule has 1 amide bonds. The number of aromatic nitrogens is 2. The van der Waals surface area contributed by atoms with Gasteiger partial charge < -0.3 is 10.6 Å². The SMILES string of the molecule is NC(=O)CC1CCN(c2ccc(-c3c4cccc(C(F)(F)F)c4nn3Cc3ccccc3)cc2)CC1. The van der Waals surface area contributed by atoms with Crippen molar-refractivity contribution in [1.82, 2.24) is 9.78 Å². The molecule has 0 aliphatic carbocycles. The summed E-state index contributed by atoms with van der Waals surface area (Å²) in [5.74, 6) is 0.0605. The zero-order valence-corrected chi connectivity index (χ0v) is 19.7. The molecule has 0 radical (unpaired) electrons. The number of nitrogens with two attached hydrogens (primary N) is 1. The Hall–Kier alpha value is -3.81. The van der Waals surface area contributed by atoms with Gasteiger partial charge in [0.05, 0.1) is 17.8 Å². The van der Waals surface area contributed by atoms with E-state index in [1.165, 1.54) is 6.07 Å². The molecule has 36 heavy (non-hydrogen) atoms. The van der Waals surface area contributed by atoms with Gasteiger partial charge in [0.1, 0.15) is 5.52 Å². The predicted octanol–water partition coefficient (Wildman–Crippen LogP) is 5.86. The molecule has 0 spiro atoms. The van der Waals surface area contributed by atoms with Gasteiger partial charge >= 0.3 is 6.18 Å². The summed E-state index contributed by atoms with van der Waals surface area (Å²) in [7, 11) is 0. The van der Waals surface area contributed by atoms with E-state index >= 15 is 0 Å². The van der Waals surface area contributed by atoms with Crippen LogP contribution >= 0.6 is 0 Å². The van der Waals surface area contributed by atoms with Crippen molar-refractivity contribution in [3.63, 3.8) is 0 Å². The van der Waals surface area contributed by atoms with Gasteiger partial charge in [-0.05, 0) is 42.5 Å². The second-order valence-electron chi connectivity index (χ2n) is 9.34. The lowest BCUT2D eigenvalue weighted by Crippen LogP contribution is -2.35. The van der Waals surface area contributed by atoms with Crippen molar-refractivity contribution in [3.05, 3.63) is 83.9 Å². The Morgan fingerprint density at radius 2 is 1.64 bits per heavy atom. The van der Waals surface area contributed by atoms with Crippen molar-refractivity contribution < 1.29 is 18.0 Å². The molecular weight excluding hydrogens is 465 g/mol. The smallest absolute Gasteiger partial charge is 0.372 e. The molecule has 8 heteroatoms. The molecule has 0 atom stereocenters. The van der Waals surface area contributed by atoms with Crippen molar-refractivity contribution in [2.75, 3.05) is 18.0 Å². The summed E-state index contributed by atoms with van der Waals surface area (Å²) in [6, 6.07) is 21.7. The Labute approximate surface area is 207 Å². The van der Waals surface area contributed by atoms with Crippen LogP contribution in [0.2, 0.25) is 0 Å². The second-order valence-corrected chi connectivity index (χ2v) is 9.34. The topological polar surface area (TPSA) is 64.2 Å². The van der Waals surface area contributed by atoms with Gasteiger partial charge in [-0.25, -0.2) is 0 Å². The summed E-state index contributed by atoms with van der Waals surface area (Å²) < 4.78 is 43.0. The lowest BCUT2D eigenvalue weighted by Gasteiger charge is -2.33. The highest BCUT2D eigenvalue weighted by molar-refractivity contribution is 5.95. The van der Waals surface area contributed by atoms with Crippen molar-refractivity contribution in [2.24, 2.45) is 11.7 Å². The van der Waals surface area contributed by atoms with E-state index in [1.54, 1.807) is 10.7 Å². The van der Waals surface area contributed by atoms with Gasteiger partial charge in [-0.1, -0.05) is 54.6 Å². The van der Waals surface area contributed by atoms with E-state index in [0.29, 0.717) is 30.0 Å². The third-order valence-corrected chi connectivity index (χ3v) is 6.86. The molecule has 5 nitrogen and oxygen atoms in total. The Kier molecular flexibility index (Phi) is 6.43. The number of fused-ring (bicyclic) bond motifs is 1. The number of carbonyl (C=O) groups is 1. The molecule has 186 valence electrons. The largest absolute Gasteiger partial charge is 0.418 e. The van der Waals surface area contributed by atoms with Crippen LogP contribution in [0.5, 0.6) is 0 Å². The first-order chi connectivity index (χ1) is 17.3. The maximum atomic E-state index is 13.8. The Bertz CT molecular complexity index is 1360. The van der Waals surface area contributed by atoms with E-state index in [1.807, 2.05) is 54.6 Å². The number of benzene rings is 3. The number of alkyl halides is 3. The van der Waals surface area contributed by atoms with E-state index in [2.05, 4.69) is 10.00 Å². The zero-order chi connectivity index (χ0) is 25.3. The molecule has 1 aromatic heterocycles. The molecule has 2 N–H and O–H groups in total. The molecule has 3 aromatic carbocycles. The molecule has 5 rings (SSSR count). The van der Waals surface area contributed by atoms with Gasteiger partial charge in [0.2, 0.25) is 5.91 Å². The highest BCUT2D eigenvalue weighted by Gasteiger charge is 2.34. The van der Waals surface area contributed by atoms with Crippen LogP contribution in [0.3, 0.4) is 0 Å². The summed E-state index contributed by atoms with van der Waals surface area (Å²) in [5.41, 5.74) is 8.03. The van der Waals surface area contributed by atoms with Crippen LogP contribution in [0.25, 0.3) is 22.2 Å². The Morgan fingerprint density at radius 3 is 2.28 bits per heavy atom. The van der Waals surface area contributed by atoms with Crippen LogP contribution in [0, 0.1) is 5.92 Å². The van der Waals surface area contributed by atoms with Crippen LogP contribution < -0.4 is 10.6 Å². The molecule has 2 heterocycles. The number of anilines is 1. The van der Waals surface area contributed by atoms with E-state index in [9.17, 15) is 18.0 Å². The van der Waals surface area contributed by atoms with Gasteiger partial charge in [-0.2, -0.15) is 18.3 Å². The van der Waals surface area contributed by atoms with Crippen LogP contribution in [0.4, 0.5) is 18.9 Å². The number of piperidine rings is 1. The van der Waals surface area contributed by atoms with E-state index < -0.39 is 11.7 Å². The normalized spacial score (nSPS) is 14.9. The van der Waals surface area contributed by atoms with E-state index in [-0.39, 0.29) is 11.4 Å². The number of primary amides is 1. The van der Waals surface area contributed by atoms with Crippen LogP contribution in [0.1, 0.15) is 30.4 Å². The first-order valence-electron chi connectivity index (χ1n) is 12.0. The van der Waals surface area contributed by atoms with Gasteiger partial charge in [-0.3, -0.25) is 9.48 Å². The molecule has 1 aliphatic rings. The van der Waals surface area contributed by atoms with Crippen LogP contribution in [0.15, 0.2) is 72.8 Å². The predicted molar refractivity (Wildman–Crippen MR) is 134 cm³/mol. The molecule has 0 unspecified atom stereocenters. The average molecular weight is 493 g/mol. The van der Waals surface area contributed by atoms with Gasteiger partial charge in [-0.15, -0.1) is 0 Å². The molecule has 1 aliphatic heterocycles. The quantitative estimate of drug-likeness (QED) is 0.367. The lowest BCUT2D eigenvalue weighted by atomic mass is 9.93. The first kappa shape index (κ1) is 23.9. The molecule has 0 bridgehead atoms. The number of nitrogens with zero attached hydrogens (tertiary/aromatic N) is 3. The summed E-state index contributed by atoms with van der Waals surface area (Å²) >= 11 is 0. The summed E-state index contributed by atoms with van der Waals surface area (Å²) in [6.45, 7) is 2.03. The van der Waals surface area contributed by atoms with Crippen molar-refractivity contribution in [3.8, 4) is 11.3 Å². The van der Waals surface area contributed by atoms with Crippen LogP contribution in [-0.4, -0.2) is 28.8 Å². The van der Waals surface area contributed by atoms with Crippen LogP contribution in [-0.2, 0) is 17.5 Å². The molecule has 1 saturated heterocycles. The third-order valence-electron chi connectivity index (χ3n) is 6.86. The molecule has 0 saturated carbocycles. The van der Waals surface area contributed by atoms with E-state index in [0.717, 1.165) is 48.8 Å². The number of hydrogen-bond donors (Lipinski definition) is 1. The van der Waals surface area contributed by atoms with E-state index in [4.69, 9.17) is 5.73 Å². The van der Waals surface area contributed by atoms with Crippen molar-refractivity contribution >= 4 is 22.5 Å². The molecular formula is C28H27F3N4O. The van der Waals surface area contributed by atoms with Crippen molar-refractivity contribution in [2.45, 2.75) is 32.0 Å². The number of carbonyl (C=O) groups excluding carboxylic acids is 1. The summed E-state index contributed by atoms with van der Waals surface area (Å²) in [4.78, 5) is 13.5. The van der Waals surface area contributed by atoms with Gasteiger partial charge in [0.25, 0.3) is 0 Å². The monoisotopic (exact) mass is 492 g/mol. The number of hydrogen-bond acceptors (Lipinski definition) is 3. The average Bonchev–Trinajstić information content (AvgIpc) is 3.22. The number of rotatable bonds is 6. The molecule has 1 fully saturated rings. The Morgan fingerprint density at radius 1 is 0.944 bits per heavy atom. The highest BCUT2D eigenvalue weighted by atomic mass is 19.4. The Balaban J connectivity index is 1.49. The minimum Gasteiger partial charge on any atom is -0.372 e. The second kappa shape index (κ2) is 9.68. The summed E-state index contributed by atoms with van der Waals surface area (Å²) in [6.07, 6.45) is -2.27. The van der Waals surface area contributed by atoms with Gasteiger partial charge in [0, 0.05) is 36.1 Å². The lowest BCUT2D eigenvalue weighted by molar-refractivity contribution is -0.136. The number of amides is 1. The minimum absolute atomic E-state index is 0.0449.